The number of esters is 1. The minimum absolute atomic E-state index is 0.0675. The minimum atomic E-state index is -0.531. The molecule has 2 aromatic rings. The Labute approximate surface area is 115 Å². The third kappa shape index (κ3) is 3.23. The number of anilines is 1. The number of pyridine rings is 1. The maximum atomic E-state index is 13.2. The van der Waals surface area contributed by atoms with Crippen molar-refractivity contribution in [2.45, 2.75) is 6.61 Å². The number of carbonyl (C=O) groups excluding carboxylic acids is 1. The number of hydrogen-bond donors (Lipinski definition) is 1. The third-order valence-corrected chi connectivity index (χ3v) is 2.60. The van der Waals surface area contributed by atoms with E-state index in [9.17, 15) is 9.18 Å². The van der Waals surface area contributed by atoms with Crippen LogP contribution < -0.4 is 10.5 Å². The number of benzene rings is 1. The van der Waals surface area contributed by atoms with E-state index in [1.54, 1.807) is 18.2 Å². The van der Waals surface area contributed by atoms with Gasteiger partial charge in [0.15, 0.2) is 0 Å². The lowest BCUT2D eigenvalue weighted by atomic mass is 10.2. The topological polar surface area (TPSA) is 74.4 Å². The van der Waals surface area contributed by atoms with Crippen molar-refractivity contribution >= 4 is 11.7 Å². The Balaban J connectivity index is 2.00. The Morgan fingerprint density at radius 1 is 1.35 bits per heavy atom. The van der Waals surface area contributed by atoms with Crippen molar-refractivity contribution in [3.63, 3.8) is 0 Å². The van der Waals surface area contributed by atoms with Crippen molar-refractivity contribution in [3.05, 3.63) is 53.6 Å². The average molecular weight is 276 g/mol. The molecule has 0 unspecified atom stereocenters. The number of rotatable bonds is 4. The predicted molar refractivity (Wildman–Crippen MR) is 70.7 cm³/mol. The lowest BCUT2D eigenvalue weighted by Crippen LogP contribution is -2.04. The van der Waals surface area contributed by atoms with Crippen LogP contribution in [0.25, 0.3) is 0 Å². The molecule has 0 aliphatic heterocycles. The average Bonchev–Trinajstić information content (AvgIpc) is 2.48. The summed E-state index contributed by atoms with van der Waals surface area (Å²) >= 11 is 0. The first kappa shape index (κ1) is 13.8. The standard InChI is InChI=1S/C14H13FN2O3/c1-19-14(18)9-2-3-10(17-7-9)8-20-11-4-5-13(16)12(15)6-11/h2-7H,8,16H2,1H3. The molecular weight excluding hydrogens is 263 g/mol. The molecule has 0 amide bonds. The SMILES string of the molecule is COC(=O)c1ccc(COc2ccc(N)c(F)c2)nc1. The van der Waals surface area contributed by atoms with Crippen LogP contribution in [-0.4, -0.2) is 18.1 Å². The number of hydrogen-bond acceptors (Lipinski definition) is 5. The molecule has 2 rings (SSSR count). The summed E-state index contributed by atoms with van der Waals surface area (Å²) in [6.07, 6.45) is 1.40. The van der Waals surface area contributed by atoms with Crippen LogP contribution in [0.2, 0.25) is 0 Å². The molecule has 0 radical (unpaired) electrons. The molecule has 2 N–H and O–H groups in total. The summed E-state index contributed by atoms with van der Waals surface area (Å²) in [6, 6.07) is 7.43. The van der Waals surface area contributed by atoms with Gasteiger partial charge in [0.05, 0.1) is 24.1 Å². The van der Waals surface area contributed by atoms with Gasteiger partial charge in [0.2, 0.25) is 0 Å². The summed E-state index contributed by atoms with van der Waals surface area (Å²) in [7, 11) is 1.30. The van der Waals surface area contributed by atoms with E-state index in [0.717, 1.165) is 0 Å². The van der Waals surface area contributed by atoms with Crippen molar-refractivity contribution in [3.8, 4) is 5.75 Å². The molecule has 0 aliphatic rings. The summed E-state index contributed by atoms with van der Waals surface area (Å²) in [5.74, 6) is -0.627. The van der Waals surface area contributed by atoms with Gasteiger partial charge in [-0.25, -0.2) is 9.18 Å². The van der Waals surface area contributed by atoms with E-state index in [0.29, 0.717) is 17.0 Å². The zero-order valence-electron chi connectivity index (χ0n) is 10.8. The Morgan fingerprint density at radius 3 is 2.75 bits per heavy atom. The van der Waals surface area contributed by atoms with Crippen LogP contribution in [0.4, 0.5) is 10.1 Å². The minimum Gasteiger partial charge on any atom is -0.487 e. The predicted octanol–water partition coefficient (Wildman–Crippen LogP) is 2.17. The van der Waals surface area contributed by atoms with E-state index in [1.807, 2.05) is 0 Å². The van der Waals surface area contributed by atoms with Gasteiger partial charge in [0.25, 0.3) is 0 Å². The molecule has 1 aromatic carbocycles. The monoisotopic (exact) mass is 276 g/mol. The number of halogens is 1. The first-order valence-electron chi connectivity index (χ1n) is 5.81. The van der Waals surface area contributed by atoms with Gasteiger partial charge in [-0.15, -0.1) is 0 Å². The van der Waals surface area contributed by atoms with Crippen molar-refractivity contribution in [2.24, 2.45) is 0 Å². The van der Waals surface area contributed by atoms with Gasteiger partial charge >= 0.3 is 5.97 Å². The number of nitrogens with two attached hydrogens (primary N) is 1. The van der Waals surface area contributed by atoms with Gasteiger partial charge < -0.3 is 15.2 Å². The summed E-state index contributed by atoms with van der Waals surface area (Å²) in [4.78, 5) is 15.3. The molecule has 1 aromatic heterocycles. The molecule has 1 heterocycles. The zero-order chi connectivity index (χ0) is 14.5. The van der Waals surface area contributed by atoms with E-state index >= 15 is 0 Å². The Morgan fingerprint density at radius 2 is 2.15 bits per heavy atom. The van der Waals surface area contributed by atoms with Crippen LogP contribution in [0.1, 0.15) is 16.1 Å². The molecule has 5 nitrogen and oxygen atoms in total. The van der Waals surface area contributed by atoms with Crippen LogP contribution >= 0.6 is 0 Å². The van der Waals surface area contributed by atoms with Crippen LogP contribution in [0.15, 0.2) is 36.5 Å². The van der Waals surface area contributed by atoms with E-state index < -0.39 is 11.8 Å². The molecule has 20 heavy (non-hydrogen) atoms. The number of nitrogens with zero attached hydrogens (tertiary/aromatic N) is 1. The second-order valence-electron chi connectivity index (χ2n) is 4.00. The first-order chi connectivity index (χ1) is 9.60. The molecule has 0 spiro atoms. The summed E-state index contributed by atoms with van der Waals surface area (Å²) < 4.78 is 23.2. The van der Waals surface area contributed by atoms with Gasteiger partial charge in [0, 0.05) is 12.3 Å². The van der Waals surface area contributed by atoms with E-state index in [4.69, 9.17) is 10.5 Å². The molecule has 0 atom stereocenters. The fraction of sp³-hybridized carbons (Fsp3) is 0.143. The number of ether oxygens (including phenoxy) is 2. The summed E-state index contributed by atoms with van der Waals surface area (Å²) in [6.45, 7) is 0.158. The van der Waals surface area contributed by atoms with E-state index in [1.165, 1.54) is 25.4 Å². The largest absolute Gasteiger partial charge is 0.487 e. The molecule has 6 heteroatoms. The van der Waals surface area contributed by atoms with Gasteiger partial charge in [0.1, 0.15) is 18.2 Å². The number of aromatic nitrogens is 1. The highest BCUT2D eigenvalue weighted by Crippen LogP contribution is 2.18. The zero-order valence-corrected chi connectivity index (χ0v) is 10.8. The lowest BCUT2D eigenvalue weighted by molar-refractivity contribution is 0.0600. The Kier molecular flexibility index (Phi) is 4.14. The van der Waals surface area contributed by atoms with E-state index in [-0.39, 0.29) is 12.3 Å². The highest BCUT2D eigenvalue weighted by atomic mass is 19.1. The van der Waals surface area contributed by atoms with Crippen LogP contribution in [-0.2, 0) is 11.3 Å². The summed E-state index contributed by atoms with van der Waals surface area (Å²) in [5.41, 5.74) is 6.40. The van der Waals surface area contributed by atoms with Crippen LogP contribution in [0.3, 0.4) is 0 Å². The first-order valence-corrected chi connectivity index (χ1v) is 5.81. The van der Waals surface area contributed by atoms with Gasteiger partial charge in [-0.05, 0) is 24.3 Å². The Bertz CT molecular complexity index is 614. The molecule has 104 valence electrons. The Hall–Kier alpha value is -2.63. The highest BCUT2D eigenvalue weighted by molar-refractivity contribution is 5.88. The summed E-state index contributed by atoms with van der Waals surface area (Å²) in [5, 5.41) is 0. The second kappa shape index (κ2) is 6.01. The van der Waals surface area contributed by atoms with Crippen LogP contribution in [0.5, 0.6) is 5.75 Å². The van der Waals surface area contributed by atoms with Crippen molar-refractivity contribution < 1.29 is 18.7 Å². The maximum Gasteiger partial charge on any atom is 0.339 e. The molecule has 0 saturated carbocycles. The molecule has 0 fully saturated rings. The van der Waals surface area contributed by atoms with Crippen LogP contribution in [0, 0.1) is 5.82 Å². The molecule has 0 bridgehead atoms. The second-order valence-corrected chi connectivity index (χ2v) is 4.00. The quantitative estimate of drug-likeness (QED) is 0.684. The fourth-order valence-electron chi connectivity index (χ4n) is 1.50. The highest BCUT2D eigenvalue weighted by Gasteiger charge is 2.06. The number of methoxy groups -OCH3 is 1. The van der Waals surface area contributed by atoms with Crippen molar-refractivity contribution in [2.75, 3.05) is 12.8 Å². The van der Waals surface area contributed by atoms with Crippen molar-refractivity contribution in [1.29, 1.82) is 0 Å². The van der Waals surface area contributed by atoms with Gasteiger partial charge in [-0.3, -0.25) is 4.98 Å². The van der Waals surface area contributed by atoms with Crippen molar-refractivity contribution in [1.82, 2.24) is 4.98 Å². The smallest absolute Gasteiger partial charge is 0.339 e. The maximum absolute atomic E-state index is 13.2. The molecular formula is C14H13FN2O3. The third-order valence-electron chi connectivity index (χ3n) is 2.60. The number of carbonyl (C=O) groups is 1. The lowest BCUT2D eigenvalue weighted by Gasteiger charge is -2.07. The number of nitrogen functional groups attached to an aromatic ring is 1. The molecule has 0 saturated heterocycles. The van der Waals surface area contributed by atoms with Gasteiger partial charge in [-0.2, -0.15) is 0 Å². The van der Waals surface area contributed by atoms with E-state index in [2.05, 4.69) is 9.72 Å². The normalized spacial score (nSPS) is 10.1. The molecule has 0 aliphatic carbocycles. The van der Waals surface area contributed by atoms with Gasteiger partial charge in [-0.1, -0.05) is 0 Å². The fourth-order valence-corrected chi connectivity index (χ4v) is 1.50.